The topological polar surface area (TPSA) is 72.5 Å². The van der Waals surface area contributed by atoms with Crippen molar-refractivity contribution in [3.8, 4) is 5.75 Å². The SMILES string of the molecule is COc1ccc(C2CC2C(=O)Nc2ccc3c(c2)C(=O)c2ccccc2C3=O)cc1. The minimum atomic E-state index is -0.196. The van der Waals surface area contributed by atoms with Crippen LogP contribution in [0.2, 0.25) is 0 Å². The molecule has 2 aliphatic carbocycles. The van der Waals surface area contributed by atoms with Crippen LogP contribution in [0, 0.1) is 5.92 Å². The zero-order valence-electron chi connectivity index (χ0n) is 16.3. The number of carbonyl (C=O) groups is 3. The van der Waals surface area contributed by atoms with Gasteiger partial charge in [-0.05, 0) is 48.2 Å². The Morgan fingerprint density at radius 2 is 1.50 bits per heavy atom. The zero-order valence-corrected chi connectivity index (χ0v) is 16.3. The number of ether oxygens (including phenoxy) is 1. The Kier molecular flexibility index (Phi) is 4.24. The number of fused-ring (bicyclic) bond motifs is 2. The van der Waals surface area contributed by atoms with Crippen LogP contribution < -0.4 is 10.1 Å². The number of methoxy groups -OCH3 is 1. The van der Waals surface area contributed by atoms with Crippen molar-refractivity contribution >= 4 is 23.2 Å². The number of anilines is 1. The minimum absolute atomic E-state index is 0.0780. The number of carbonyl (C=O) groups excluding carboxylic acids is 3. The van der Waals surface area contributed by atoms with E-state index in [1.807, 2.05) is 24.3 Å². The molecule has 2 atom stereocenters. The van der Waals surface area contributed by atoms with Gasteiger partial charge in [-0.3, -0.25) is 14.4 Å². The van der Waals surface area contributed by atoms with Gasteiger partial charge < -0.3 is 10.1 Å². The Balaban J connectivity index is 1.33. The number of rotatable bonds is 4. The van der Waals surface area contributed by atoms with E-state index in [0.717, 1.165) is 17.7 Å². The van der Waals surface area contributed by atoms with E-state index < -0.39 is 0 Å². The monoisotopic (exact) mass is 397 g/mol. The summed E-state index contributed by atoms with van der Waals surface area (Å²) in [5.41, 5.74) is 3.17. The molecule has 1 amide bonds. The second kappa shape index (κ2) is 6.95. The number of amides is 1. The first-order valence-electron chi connectivity index (χ1n) is 9.84. The number of hydrogen-bond acceptors (Lipinski definition) is 4. The molecule has 148 valence electrons. The van der Waals surface area contributed by atoms with Gasteiger partial charge in [0.25, 0.3) is 0 Å². The molecule has 5 heteroatoms. The molecule has 3 aromatic carbocycles. The van der Waals surface area contributed by atoms with Gasteiger partial charge in [0.05, 0.1) is 7.11 Å². The van der Waals surface area contributed by atoms with Gasteiger partial charge in [0.1, 0.15) is 5.75 Å². The van der Waals surface area contributed by atoms with Gasteiger partial charge in [-0.25, -0.2) is 0 Å². The van der Waals surface area contributed by atoms with Crippen LogP contribution in [0.15, 0.2) is 66.7 Å². The molecule has 1 saturated carbocycles. The van der Waals surface area contributed by atoms with Crippen molar-refractivity contribution in [3.05, 3.63) is 94.5 Å². The van der Waals surface area contributed by atoms with Crippen molar-refractivity contribution in [1.29, 1.82) is 0 Å². The van der Waals surface area contributed by atoms with E-state index in [-0.39, 0.29) is 29.3 Å². The Morgan fingerprint density at radius 3 is 2.17 bits per heavy atom. The van der Waals surface area contributed by atoms with E-state index in [0.29, 0.717) is 27.9 Å². The highest BCUT2D eigenvalue weighted by Gasteiger charge is 2.44. The summed E-state index contributed by atoms with van der Waals surface area (Å²) in [6, 6.07) is 19.5. The third kappa shape index (κ3) is 2.99. The number of ketones is 2. The van der Waals surface area contributed by atoms with Gasteiger partial charge in [0.2, 0.25) is 5.91 Å². The number of nitrogens with one attached hydrogen (secondary N) is 1. The van der Waals surface area contributed by atoms with Crippen LogP contribution in [0.5, 0.6) is 5.75 Å². The molecule has 5 rings (SSSR count). The molecular weight excluding hydrogens is 378 g/mol. The van der Waals surface area contributed by atoms with Crippen molar-refractivity contribution in [1.82, 2.24) is 0 Å². The zero-order chi connectivity index (χ0) is 20.8. The number of benzene rings is 3. The van der Waals surface area contributed by atoms with Crippen LogP contribution in [-0.4, -0.2) is 24.6 Å². The summed E-state index contributed by atoms with van der Waals surface area (Å²) in [6.45, 7) is 0. The maximum atomic E-state index is 12.9. The maximum Gasteiger partial charge on any atom is 0.228 e. The lowest BCUT2D eigenvalue weighted by molar-refractivity contribution is -0.117. The summed E-state index contributed by atoms with van der Waals surface area (Å²) in [6.07, 6.45) is 0.786. The summed E-state index contributed by atoms with van der Waals surface area (Å²) >= 11 is 0. The van der Waals surface area contributed by atoms with Gasteiger partial charge in [-0.2, -0.15) is 0 Å². The third-order valence-corrected chi connectivity index (χ3v) is 5.86. The van der Waals surface area contributed by atoms with Crippen LogP contribution in [0.25, 0.3) is 0 Å². The third-order valence-electron chi connectivity index (χ3n) is 5.86. The summed E-state index contributed by atoms with van der Waals surface area (Å²) in [4.78, 5) is 38.3. The van der Waals surface area contributed by atoms with E-state index in [2.05, 4.69) is 5.32 Å². The van der Waals surface area contributed by atoms with Crippen LogP contribution in [0.1, 0.15) is 49.7 Å². The molecule has 3 aromatic rings. The lowest BCUT2D eigenvalue weighted by atomic mass is 9.84. The Morgan fingerprint density at radius 1 is 0.867 bits per heavy atom. The molecule has 0 aromatic heterocycles. The largest absolute Gasteiger partial charge is 0.497 e. The van der Waals surface area contributed by atoms with E-state index in [9.17, 15) is 14.4 Å². The molecular formula is C25H19NO4. The average molecular weight is 397 g/mol. The molecule has 5 nitrogen and oxygen atoms in total. The lowest BCUT2D eigenvalue weighted by Crippen LogP contribution is -2.21. The van der Waals surface area contributed by atoms with E-state index in [1.165, 1.54) is 0 Å². The Labute approximate surface area is 173 Å². The van der Waals surface area contributed by atoms with Crippen molar-refractivity contribution in [2.45, 2.75) is 12.3 Å². The van der Waals surface area contributed by atoms with Gasteiger partial charge in [-0.1, -0.05) is 36.4 Å². The van der Waals surface area contributed by atoms with Crippen molar-refractivity contribution in [2.75, 3.05) is 12.4 Å². The predicted molar refractivity (Wildman–Crippen MR) is 112 cm³/mol. The van der Waals surface area contributed by atoms with Crippen molar-refractivity contribution in [2.24, 2.45) is 5.92 Å². The molecule has 1 N–H and O–H groups in total. The van der Waals surface area contributed by atoms with Gasteiger partial charge in [0.15, 0.2) is 11.6 Å². The molecule has 0 radical (unpaired) electrons. The highest BCUT2D eigenvalue weighted by Crippen LogP contribution is 2.48. The van der Waals surface area contributed by atoms with Crippen LogP contribution in [0.3, 0.4) is 0 Å². The quantitative estimate of drug-likeness (QED) is 0.560. The highest BCUT2D eigenvalue weighted by atomic mass is 16.5. The summed E-state index contributed by atoms with van der Waals surface area (Å²) < 4.78 is 5.18. The molecule has 0 spiro atoms. The summed E-state index contributed by atoms with van der Waals surface area (Å²) in [5, 5.41) is 2.91. The number of hydrogen-bond donors (Lipinski definition) is 1. The van der Waals surface area contributed by atoms with E-state index in [1.54, 1.807) is 49.6 Å². The standard InChI is InChI=1S/C25H19NO4/c1-30-16-9-6-14(7-10-16)20-13-22(20)25(29)26-15-8-11-19-21(12-15)24(28)18-5-3-2-4-17(18)23(19)27/h2-12,20,22H,13H2,1H3,(H,26,29). The fourth-order valence-corrected chi connectivity index (χ4v) is 4.12. The molecule has 0 heterocycles. The fraction of sp³-hybridized carbons (Fsp3) is 0.160. The first-order valence-corrected chi connectivity index (χ1v) is 9.84. The van der Waals surface area contributed by atoms with Gasteiger partial charge in [0, 0.05) is 33.9 Å². The molecule has 2 unspecified atom stereocenters. The van der Waals surface area contributed by atoms with Crippen molar-refractivity contribution in [3.63, 3.8) is 0 Å². The van der Waals surface area contributed by atoms with Crippen LogP contribution in [-0.2, 0) is 4.79 Å². The first kappa shape index (κ1) is 18.3. The fourth-order valence-electron chi connectivity index (χ4n) is 4.12. The van der Waals surface area contributed by atoms with E-state index in [4.69, 9.17) is 4.74 Å². The molecule has 30 heavy (non-hydrogen) atoms. The molecule has 0 saturated heterocycles. The van der Waals surface area contributed by atoms with Gasteiger partial charge in [-0.15, -0.1) is 0 Å². The normalized spacial score (nSPS) is 19.0. The highest BCUT2D eigenvalue weighted by molar-refractivity contribution is 6.28. The minimum Gasteiger partial charge on any atom is -0.497 e. The second-order valence-corrected chi connectivity index (χ2v) is 7.68. The summed E-state index contributed by atoms with van der Waals surface area (Å²) in [7, 11) is 1.62. The van der Waals surface area contributed by atoms with E-state index >= 15 is 0 Å². The molecule has 0 bridgehead atoms. The van der Waals surface area contributed by atoms with Gasteiger partial charge >= 0.3 is 0 Å². The molecule has 1 fully saturated rings. The van der Waals surface area contributed by atoms with Crippen LogP contribution >= 0.6 is 0 Å². The smallest absolute Gasteiger partial charge is 0.228 e. The lowest BCUT2D eigenvalue weighted by Gasteiger charge is -2.18. The maximum absolute atomic E-state index is 12.9. The predicted octanol–water partition coefficient (Wildman–Crippen LogP) is 4.21. The second-order valence-electron chi connectivity index (χ2n) is 7.68. The van der Waals surface area contributed by atoms with Crippen molar-refractivity contribution < 1.29 is 19.1 Å². The molecule has 0 aliphatic heterocycles. The summed E-state index contributed by atoms with van der Waals surface area (Å²) in [5.74, 6) is 0.427. The first-order chi connectivity index (χ1) is 14.6. The van der Waals surface area contributed by atoms with Crippen LogP contribution in [0.4, 0.5) is 5.69 Å². The molecule has 2 aliphatic rings. The Bertz CT molecular complexity index is 1200. The Hall–Kier alpha value is -3.73. The average Bonchev–Trinajstić information content (AvgIpc) is 3.59.